The van der Waals surface area contributed by atoms with Gasteiger partial charge in [0, 0.05) is 14.1 Å². The van der Waals surface area contributed by atoms with E-state index in [4.69, 9.17) is 10.5 Å². The average Bonchev–Trinajstić information content (AvgIpc) is 3.02. The number of unbranched alkanes of at least 4 members (excludes halogenated alkanes) is 1. The summed E-state index contributed by atoms with van der Waals surface area (Å²) in [5.41, 5.74) is 6.94. The van der Waals surface area contributed by atoms with Crippen LogP contribution in [0, 0.1) is 0 Å². The van der Waals surface area contributed by atoms with Crippen LogP contribution in [0.15, 0.2) is 125 Å². The monoisotopic (exact) mass is 629 g/mol. The van der Waals surface area contributed by atoms with Gasteiger partial charge in [-0.25, -0.2) is 0 Å². The van der Waals surface area contributed by atoms with Gasteiger partial charge < -0.3 is 10.6 Å². The van der Waals surface area contributed by atoms with Crippen molar-refractivity contribution in [2.45, 2.75) is 19.0 Å². The van der Waals surface area contributed by atoms with E-state index < -0.39 is 5.31 Å². The fraction of sp³-hybridized carbons (Fsp3) is 0.212. The van der Waals surface area contributed by atoms with E-state index in [9.17, 15) is 0 Å². The zero-order valence-electron chi connectivity index (χ0n) is 23.5. The van der Waals surface area contributed by atoms with E-state index in [0.717, 1.165) is 30.3 Å². The summed E-state index contributed by atoms with van der Waals surface area (Å²) in [6.07, 6.45) is 2.56. The van der Waals surface area contributed by atoms with Gasteiger partial charge in [-0.2, -0.15) is 0 Å². The van der Waals surface area contributed by atoms with Crippen LogP contribution in [0.3, 0.4) is 0 Å². The van der Waals surface area contributed by atoms with Crippen molar-refractivity contribution in [2.75, 3.05) is 26.9 Å². The molecule has 4 aromatic rings. The number of halogens is 1. The summed E-state index contributed by atoms with van der Waals surface area (Å²) in [5, 5.41) is 4.11. The van der Waals surface area contributed by atoms with E-state index in [-0.39, 0.29) is 6.17 Å². The van der Waals surface area contributed by atoms with E-state index >= 15 is 0 Å². The number of aliphatic imine (C=N–C) groups is 2. The van der Waals surface area contributed by atoms with E-state index in [0.29, 0.717) is 18.5 Å². The molecular weight excluding hydrogens is 593 g/mol. The Morgan fingerprint density at radius 3 is 1.76 bits per heavy atom. The van der Waals surface area contributed by atoms with Crippen molar-refractivity contribution in [1.82, 2.24) is 10.2 Å². The molecular formula is C33H37BrN5OP. The van der Waals surface area contributed by atoms with Gasteiger partial charge in [-0.05, 0) is 0 Å². The van der Waals surface area contributed by atoms with Crippen molar-refractivity contribution >= 4 is 48.6 Å². The Morgan fingerprint density at radius 1 is 0.756 bits per heavy atom. The normalized spacial score (nSPS) is 16.0. The summed E-state index contributed by atoms with van der Waals surface area (Å²) in [5.74, 6) is 1.88. The quantitative estimate of drug-likeness (QED) is 0.179. The van der Waals surface area contributed by atoms with Crippen LogP contribution < -0.4 is 31.7 Å². The maximum atomic E-state index is 6.18. The third-order valence-corrected chi connectivity index (χ3v) is 17.5. The Morgan fingerprint density at radius 2 is 1.27 bits per heavy atom. The molecule has 41 heavy (non-hydrogen) atoms. The Bertz CT molecular complexity index is 1400. The number of ether oxygens (including phenoxy) is 1. The number of benzene rings is 4. The summed E-state index contributed by atoms with van der Waals surface area (Å²) < 4.78 is 6.18. The van der Waals surface area contributed by atoms with Gasteiger partial charge in [0.2, 0.25) is 0 Å². The number of nitrogens with one attached hydrogen (secondary N) is 1. The Labute approximate surface area is 251 Å². The van der Waals surface area contributed by atoms with Crippen molar-refractivity contribution in [3.8, 4) is 5.75 Å². The van der Waals surface area contributed by atoms with Gasteiger partial charge in [-0.1, -0.05) is 0 Å². The van der Waals surface area contributed by atoms with Gasteiger partial charge in [0.1, 0.15) is 0 Å². The molecule has 0 bridgehead atoms. The van der Waals surface area contributed by atoms with Crippen molar-refractivity contribution in [3.63, 3.8) is 0 Å². The molecule has 8 heteroatoms. The SMILES string of the molecule is CN(C)C1=NC(c2ccc(OCCCCP(Br)(c3ccccc3)(c3ccccc3)c3ccccc3)cc2)N=C(N)N1. The molecule has 4 aromatic carbocycles. The number of nitrogens with two attached hydrogens (primary N) is 1. The summed E-state index contributed by atoms with van der Waals surface area (Å²) in [7, 11) is 3.84. The topological polar surface area (TPSA) is 75.2 Å². The molecule has 0 fully saturated rings. The average molecular weight is 631 g/mol. The molecule has 1 atom stereocenters. The number of nitrogens with zero attached hydrogens (tertiary/aromatic N) is 3. The van der Waals surface area contributed by atoms with Gasteiger partial charge in [-0.3, -0.25) is 5.32 Å². The van der Waals surface area contributed by atoms with Crippen LogP contribution in [-0.2, 0) is 0 Å². The van der Waals surface area contributed by atoms with Gasteiger partial charge in [0.25, 0.3) is 0 Å². The first-order valence-electron chi connectivity index (χ1n) is 13.9. The van der Waals surface area contributed by atoms with Crippen LogP contribution in [-0.4, -0.2) is 43.7 Å². The number of guanidine groups is 2. The van der Waals surface area contributed by atoms with Crippen molar-refractivity contribution in [2.24, 2.45) is 15.7 Å². The molecule has 1 unspecified atom stereocenters. The van der Waals surface area contributed by atoms with E-state index in [1.165, 1.54) is 15.9 Å². The predicted molar refractivity (Wildman–Crippen MR) is 179 cm³/mol. The number of hydrogen-bond donors (Lipinski definition) is 2. The Hall–Kier alpha value is -3.67. The molecule has 3 N–H and O–H groups in total. The second-order valence-electron chi connectivity index (χ2n) is 10.4. The second-order valence-corrected chi connectivity index (χ2v) is 19.5. The van der Waals surface area contributed by atoms with Crippen LogP contribution in [0.5, 0.6) is 5.75 Å². The van der Waals surface area contributed by atoms with Crippen LogP contribution >= 0.6 is 20.8 Å². The molecule has 212 valence electrons. The van der Waals surface area contributed by atoms with Gasteiger partial charge in [0.05, 0.1) is 0 Å². The molecule has 0 saturated heterocycles. The third-order valence-electron chi connectivity index (χ3n) is 7.47. The van der Waals surface area contributed by atoms with Crippen molar-refractivity contribution in [1.29, 1.82) is 0 Å². The number of rotatable bonds is 10. The molecule has 1 heterocycles. The molecule has 0 saturated carbocycles. The molecule has 0 amide bonds. The molecule has 0 spiro atoms. The minimum Gasteiger partial charge on any atom is -0.370 e. The summed E-state index contributed by atoms with van der Waals surface area (Å²) >= 11 is 4.53. The Kier molecular flexibility index (Phi) is 8.77. The van der Waals surface area contributed by atoms with Crippen LogP contribution in [0.4, 0.5) is 0 Å². The fourth-order valence-electron chi connectivity index (χ4n) is 5.32. The first-order chi connectivity index (χ1) is 19.9. The maximum absolute atomic E-state index is 6.18. The number of hydrogen-bond acceptors (Lipinski definition) is 6. The molecule has 0 radical (unpaired) electrons. The van der Waals surface area contributed by atoms with Crippen LogP contribution in [0.25, 0.3) is 0 Å². The van der Waals surface area contributed by atoms with Gasteiger partial charge in [0.15, 0.2) is 0 Å². The zero-order valence-corrected chi connectivity index (χ0v) is 26.0. The molecule has 5 rings (SSSR count). The third kappa shape index (κ3) is 6.02. The predicted octanol–water partition coefficient (Wildman–Crippen LogP) is 5.52. The first kappa shape index (κ1) is 28.8. The zero-order chi connectivity index (χ0) is 28.7. The van der Waals surface area contributed by atoms with Crippen molar-refractivity contribution in [3.05, 3.63) is 121 Å². The van der Waals surface area contributed by atoms with Crippen LogP contribution in [0.2, 0.25) is 0 Å². The molecule has 1 aliphatic heterocycles. The van der Waals surface area contributed by atoms with Crippen LogP contribution in [0.1, 0.15) is 24.6 Å². The summed E-state index contributed by atoms with van der Waals surface area (Å²) in [6, 6.07) is 40.8. The molecule has 0 aliphatic carbocycles. The standard InChI is InChI=1S/C33H37BrN5OP/c1-39(2)33-37-31(36-32(35)38-33)26-20-22-27(23-21-26)40-24-12-13-25-41(34,28-14-6-3-7-15-28,29-16-8-4-9-17-29)30-18-10-5-11-19-30/h3-11,14-23,31H,12-13,24-25H2,1-2H3,(H3,35,36,37,38). The van der Waals surface area contributed by atoms with Gasteiger partial charge in [-0.15, -0.1) is 0 Å². The minimum atomic E-state index is -2.90. The second kappa shape index (κ2) is 12.5. The van der Waals surface area contributed by atoms with Crippen molar-refractivity contribution < 1.29 is 4.74 Å². The molecule has 6 nitrogen and oxygen atoms in total. The minimum absolute atomic E-state index is 0.361. The molecule has 0 aromatic heterocycles. The first-order valence-corrected chi connectivity index (χ1v) is 18.3. The smallest absolute Gasteiger partial charge is 0.370 e. The van der Waals surface area contributed by atoms with E-state index in [1.807, 2.05) is 43.3 Å². The van der Waals surface area contributed by atoms with Gasteiger partial charge >= 0.3 is 222 Å². The van der Waals surface area contributed by atoms with E-state index in [2.05, 4.69) is 122 Å². The Balaban J connectivity index is 1.30. The fourth-order valence-corrected chi connectivity index (χ4v) is 13.1. The van der Waals surface area contributed by atoms with E-state index in [1.54, 1.807) is 0 Å². The summed E-state index contributed by atoms with van der Waals surface area (Å²) in [4.78, 5) is 11.0. The molecule has 1 aliphatic rings. The summed E-state index contributed by atoms with van der Waals surface area (Å²) in [6.45, 7) is 0.637.